The van der Waals surface area contributed by atoms with Crippen LogP contribution in [0.15, 0.2) is 46.4 Å². The van der Waals surface area contributed by atoms with E-state index in [0.29, 0.717) is 62.8 Å². The van der Waals surface area contributed by atoms with Crippen molar-refractivity contribution in [2.24, 2.45) is 21.8 Å². The normalized spacial score (nSPS) is 28.5. The molecule has 0 aromatic heterocycles. The van der Waals surface area contributed by atoms with E-state index in [-0.39, 0.29) is 49.5 Å². The van der Waals surface area contributed by atoms with Gasteiger partial charge in [-0.05, 0) is 79.8 Å². The fourth-order valence-corrected chi connectivity index (χ4v) is 9.46. The predicted octanol–water partition coefficient (Wildman–Crippen LogP) is 4.36. The molecule has 4 N–H and O–H groups in total. The number of aliphatic imine (C=N–C) groups is 2. The Morgan fingerprint density at radius 2 is 1.10 bits per heavy atom. The number of aliphatic carboxylic acids is 1. The molecule has 2 aliphatic carbocycles. The lowest BCUT2D eigenvalue weighted by atomic mass is 10.1. The van der Waals surface area contributed by atoms with E-state index < -0.39 is 42.4 Å². The number of urea groups is 2. The number of hydrogen-bond donors (Lipinski definition) is 4. The van der Waals surface area contributed by atoms with Crippen LogP contribution in [0.5, 0.6) is 0 Å². The van der Waals surface area contributed by atoms with E-state index in [0.717, 1.165) is 24.8 Å². The molecule has 21 heteroatoms. The van der Waals surface area contributed by atoms with Gasteiger partial charge in [0.05, 0.1) is 39.1 Å². The second kappa shape index (κ2) is 18.0. The summed E-state index contributed by atoms with van der Waals surface area (Å²) in [6.07, 6.45) is 3.38. The van der Waals surface area contributed by atoms with Gasteiger partial charge in [0.2, 0.25) is 0 Å². The maximum absolute atomic E-state index is 13.3. The van der Waals surface area contributed by atoms with E-state index in [1.807, 2.05) is 11.9 Å². The van der Waals surface area contributed by atoms with Crippen molar-refractivity contribution < 1.29 is 34.2 Å². The van der Waals surface area contributed by atoms with Crippen LogP contribution < -0.4 is 10.6 Å². The smallest absolute Gasteiger partial charge is 0.328 e. The zero-order valence-electron chi connectivity index (χ0n) is 34.0. The predicted molar refractivity (Wildman–Crippen MR) is 229 cm³/mol. The number of nitrogens with one attached hydrogen (secondary N) is 2. The number of halogens is 4. The quantitative estimate of drug-likeness (QED) is 0.294. The molecule has 2 saturated carbocycles. The van der Waals surface area contributed by atoms with Crippen LogP contribution in [0.3, 0.4) is 0 Å². The van der Waals surface area contributed by atoms with Gasteiger partial charge in [-0.3, -0.25) is 24.2 Å². The number of fused-ring (bicyclic) bond motifs is 2. The number of aliphatic hydroxyl groups is 1. The van der Waals surface area contributed by atoms with Gasteiger partial charge in [-0.15, -0.1) is 0 Å². The van der Waals surface area contributed by atoms with Gasteiger partial charge >= 0.3 is 18.0 Å². The van der Waals surface area contributed by atoms with Crippen molar-refractivity contribution in [3.8, 4) is 0 Å². The van der Waals surface area contributed by atoms with E-state index in [9.17, 15) is 34.2 Å². The molecule has 0 spiro atoms. The maximum atomic E-state index is 13.3. The summed E-state index contributed by atoms with van der Waals surface area (Å²) in [6.45, 7) is 0.367. The first kappa shape index (κ1) is 44.5. The summed E-state index contributed by atoms with van der Waals surface area (Å²) in [5, 5.41) is 26.8. The van der Waals surface area contributed by atoms with Crippen LogP contribution in [0.4, 0.5) is 9.59 Å². The lowest BCUT2D eigenvalue weighted by molar-refractivity contribution is -0.141. The van der Waals surface area contributed by atoms with E-state index in [2.05, 4.69) is 20.6 Å². The Labute approximate surface area is 373 Å². The van der Waals surface area contributed by atoms with Crippen LogP contribution in [-0.2, 0) is 27.5 Å². The summed E-state index contributed by atoms with van der Waals surface area (Å²) >= 11 is 24.1. The SMILES string of the molecule is CN1C(=O)N(Cc2ccc(Cl)c(Cl)c2)C(=O)C2C1N=C(N[C@@H]1CC[C@@H](C(=O)O)C1)N2C.CN1C(=O)N(Cc2ccc(Cl)c(Cl)c2)C(=O)C2C1N=C(N[C@@H]1CC[C@@H](CO)C1)N2C. The van der Waals surface area contributed by atoms with Gasteiger partial charge in [0.15, 0.2) is 36.3 Å². The summed E-state index contributed by atoms with van der Waals surface area (Å²) in [7, 11) is 6.84. The number of benzene rings is 2. The van der Waals surface area contributed by atoms with Crippen molar-refractivity contribution >= 4 is 88.2 Å². The molecule has 4 unspecified atom stereocenters. The number of aliphatic hydroxyl groups excluding tert-OH is 1. The number of rotatable bonds is 8. The fraction of sp³-hybridized carbons (Fsp3) is 0.525. The third-order valence-corrected chi connectivity index (χ3v) is 13.8. The molecular weight excluding hydrogens is 874 g/mol. The minimum absolute atomic E-state index is 0.0362. The number of guanidine groups is 2. The topological polar surface area (TPSA) is 194 Å². The molecule has 8 rings (SSSR count). The Bertz CT molecular complexity index is 2160. The molecule has 8 atom stereocenters. The van der Waals surface area contributed by atoms with Crippen molar-refractivity contribution in [3.63, 3.8) is 0 Å². The Morgan fingerprint density at radius 3 is 1.49 bits per heavy atom. The van der Waals surface area contributed by atoms with Crippen LogP contribution in [0.2, 0.25) is 20.1 Å². The highest BCUT2D eigenvalue weighted by Gasteiger charge is 2.53. The summed E-state index contributed by atoms with van der Waals surface area (Å²) in [6, 6.07) is 8.13. The largest absolute Gasteiger partial charge is 0.481 e. The molecule has 0 bridgehead atoms. The molecule has 4 fully saturated rings. The average molecular weight is 923 g/mol. The standard InChI is InChI=1S/C20H23Cl2N5O4.C20H25Cl2N5O3/c1-25-15-16(24-19(25)23-12-5-4-11(8-12)18(29)30)26(2)20(31)27(17(15)28)9-10-3-6-13(21)14(22)7-10;1-25-16-17(24-19(25)23-13-5-3-12(7-13)10-28)26(2)20(30)27(18(16)29)9-11-4-6-14(21)15(22)8-11/h3,6-7,11-12,15-16H,4-5,8-9H2,1-2H3,(H,23,24)(H,29,30);4,6,8,12-13,16-17,28H,3,5,7,9-10H2,1-2H3,(H,23,24)/t11-,12-,15?,16?;12-,13-,16?,17?/m11/s1. The highest BCUT2D eigenvalue weighted by molar-refractivity contribution is 6.42. The second-order valence-electron chi connectivity index (χ2n) is 16.4. The van der Waals surface area contributed by atoms with Gasteiger partial charge in [0, 0.05) is 46.9 Å². The molecule has 4 heterocycles. The number of carbonyl (C=O) groups excluding carboxylic acids is 4. The summed E-state index contributed by atoms with van der Waals surface area (Å²) in [4.78, 5) is 81.7. The third-order valence-electron chi connectivity index (χ3n) is 12.4. The zero-order chi connectivity index (χ0) is 44.0. The number of amides is 6. The molecule has 6 aliphatic rings. The van der Waals surface area contributed by atoms with Gasteiger partial charge in [0.25, 0.3) is 11.8 Å². The van der Waals surface area contributed by atoms with Gasteiger partial charge in [0.1, 0.15) is 0 Å². The summed E-state index contributed by atoms with van der Waals surface area (Å²) in [5.74, 6) is -0.412. The molecule has 61 heavy (non-hydrogen) atoms. The minimum Gasteiger partial charge on any atom is -0.481 e. The van der Waals surface area contributed by atoms with Crippen molar-refractivity contribution in [3.05, 3.63) is 67.6 Å². The number of hydrogen-bond acceptors (Lipinski definition) is 12. The maximum Gasteiger partial charge on any atom is 0.328 e. The second-order valence-corrected chi connectivity index (χ2v) is 18.0. The molecule has 6 amide bonds. The molecular formula is C40H48Cl4N10O7. The molecule has 4 aliphatic heterocycles. The van der Waals surface area contributed by atoms with E-state index in [4.69, 9.17) is 46.4 Å². The average Bonchev–Trinajstić information content (AvgIpc) is 4.03. The van der Waals surface area contributed by atoms with Crippen molar-refractivity contribution in [1.82, 2.24) is 40.0 Å². The number of carboxylic acids is 1. The first-order valence-electron chi connectivity index (χ1n) is 20.0. The Kier molecular flexibility index (Phi) is 13.2. The number of imide groups is 2. The molecule has 2 saturated heterocycles. The van der Waals surface area contributed by atoms with Gasteiger partial charge in [-0.25, -0.2) is 19.6 Å². The highest BCUT2D eigenvalue weighted by Crippen LogP contribution is 2.33. The lowest BCUT2D eigenvalue weighted by Crippen LogP contribution is -2.64. The van der Waals surface area contributed by atoms with Gasteiger partial charge < -0.3 is 40.4 Å². The van der Waals surface area contributed by atoms with Gasteiger partial charge in [-0.2, -0.15) is 0 Å². The van der Waals surface area contributed by atoms with Crippen LogP contribution in [-0.4, -0.2) is 153 Å². The van der Waals surface area contributed by atoms with Gasteiger partial charge in [-0.1, -0.05) is 58.5 Å². The Balaban J connectivity index is 0.000000184. The zero-order valence-corrected chi connectivity index (χ0v) is 37.0. The van der Waals surface area contributed by atoms with Crippen LogP contribution in [0, 0.1) is 11.8 Å². The lowest BCUT2D eigenvalue weighted by Gasteiger charge is -2.40. The summed E-state index contributed by atoms with van der Waals surface area (Å²) in [5.41, 5.74) is 1.41. The number of likely N-dealkylation sites (N-methyl/N-ethyl adjacent to an activating group) is 4. The summed E-state index contributed by atoms with van der Waals surface area (Å²) < 4.78 is 0. The van der Waals surface area contributed by atoms with E-state index in [1.165, 1.54) is 19.6 Å². The monoisotopic (exact) mass is 920 g/mol. The van der Waals surface area contributed by atoms with Crippen LogP contribution >= 0.6 is 46.4 Å². The molecule has 2 aromatic carbocycles. The molecule has 17 nitrogen and oxygen atoms in total. The van der Waals surface area contributed by atoms with Crippen LogP contribution in [0.25, 0.3) is 0 Å². The fourth-order valence-electron chi connectivity index (χ4n) is 8.82. The highest BCUT2D eigenvalue weighted by atomic mass is 35.5. The third kappa shape index (κ3) is 8.90. The van der Waals surface area contributed by atoms with Crippen LogP contribution in [0.1, 0.15) is 49.7 Å². The van der Waals surface area contributed by atoms with Crippen molar-refractivity contribution in [2.75, 3.05) is 34.8 Å². The number of carbonyl (C=O) groups is 5. The first-order chi connectivity index (χ1) is 29.0. The molecule has 0 radical (unpaired) electrons. The molecule has 328 valence electrons. The van der Waals surface area contributed by atoms with Crippen molar-refractivity contribution in [2.45, 2.75) is 88.1 Å². The molecule has 2 aromatic rings. The minimum atomic E-state index is -0.793. The number of carboxylic acid groups (broad SMARTS) is 1. The van der Waals surface area contributed by atoms with E-state index >= 15 is 0 Å². The Hall–Kier alpha value is -4.55. The number of nitrogens with zero attached hydrogens (tertiary/aromatic N) is 8. The Morgan fingerprint density at radius 1 is 0.656 bits per heavy atom. The van der Waals surface area contributed by atoms with E-state index in [1.54, 1.807) is 62.4 Å². The van der Waals surface area contributed by atoms with Crippen molar-refractivity contribution in [1.29, 1.82) is 0 Å². The first-order valence-corrected chi connectivity index (χ1v) is 21.5.